The van der Waals surface area contributed by atoms with Gasteiger partial charge < -0.3 is 4.74 Å². The van der Waals surface area contributed by atoms with Crippen LogP contribution in [0.4, 0.5) is 0 Å². The third kappa shape index (κ3) is 2.82. The largest absolute Gasteiger partial charge is 0.486 e. The van der Waals surface area contributed by atoms with Crippen LogP contribution in [0.5, 0.6) is 5.75 Å². The van der Waals surface area contributed by atoms with Gasteiger partial charge in [0, 0.05) is 19.5 Å². The molecule has 0 N–H and O–H groups in total. The maximum Gasteiger partial charge on any atom is 0.211 e. The maximum absolute atomic E-state index is 12.3. The second kappa shape index (κ2) is 5.10. The monoisotopic (exact) mass is 309 g/mol. The van der Waals surface area contributed by atoms with Gasteiger partial charge in [-0.25, -0.2) is 12.7 Å². The van der Waals surface area contributed by atoms with Crippen molar-refractivity contribution in [3.63, 3.8) is 0 Å². The van der Waals surface area contributed by atoms with E-state index in [-0.39, 0.29) is 5.78 Å². The van der Waals surface area contributed by atoms with Crippen LogP contribution in [-0.2, 0) is 10.0 Å². The number of sulfonamides is 1. The highest BCUT2D eigenvalue weighted by atomic mass is 32.2. The molecule has 0 aromatic heterocycles. The van der Waals surface area contributed by atoms with Crippen molar-refractivity contribution < 1.29 is 17.9 Å². The molecule has 1 fully saturated rings. The van der Waals surface area contributed by atoms with Gasteiger partial charge in [0.15, 0.2) is 5.78 Å². The van der Waals surface area contributed by atoms with Gasteiger partial charge in [-0.05, 0) is 25.0 Å². The second-order valence-electron chi connectivity index (χ2n) is 5.90. The van der Waals surface area contributed by atoms with Gasteiger partial charge in [0.2, 0.25) is 10.0 Å². The number of carbonyl (C=O) groups excluding carboxylic acids is 1. The minimum atomic E-state index is -3.19. The topological polar surface area (TPSA) is 63.7 Å². The molecule has 0 radical (unpaired) electrons. The molecule has 6 heteroatoms. The smallest absolute Gasteiger partial charge is 0.211 e. The minimum absolute atomic E-state index is 0.0876. The lowest BCUT2D eigenvalue weighted by Crippen LogP contribution is -2.43. The molecule has 1 aromatic rings. The molecule has 1 aromatic carbocycles. The molecule has 1 spiro atoms. The van der Waals surface area contributed by atoms with Crippen LogP contribution in [0.1, 0.15) is 36.0 Å². The summed E-state index contributed by atoms with van der Waals surface area (Å²) in [5, 5.41) is 0. The molecule has 1 atom stereocenters. The average molecular weight is 309 g/mol. The van der Waals surface area contributed by atoms with Crippen molar-refractivity contribution in [1.82, 2.24) is 4.31 Å². The molecule has 0 amide bonds. The Labute approximate surface area is 124 Å². The summed E-state index contributed by atoms with van der Waals surface area (Å²) in [7, 11) is -3.19. The number of hydrogen-bond acceptors (Lipinski definition) is 4. The highest BCUT2D eigenvalue weighted by molar-refractivity contribution is 7.88. The van der Waals surface area contributed by atoms with Crippen LogP contribution in [0.15, 0.2) is 24.3 Å². The predicted octanol–water partition coefficient (Wildman–Crippen LogP) is 1.84. The van der Waals surface area contributed by atoms with Gasteiger partial charge in [-0.15, -0.1) is 0 Å². The number of nitrogens with zero attached hydrogens (tertiary/aromatic N) is 1. The summed E-state index contributed by atoms with van der Waals surface area (Å²) in [6, 6.07) is 7.28. The highest BCUT2D eigenvalue weighted by Crippen LogP contribution is 2.39. The molecule has 5 nitrogen and oxygen atoms in total. The van der Waals surface area contributed by atoms with E-state index in [4.69, 9.17) is 4.74 Å². The van der Waals surface area contributed by atoms with Crippen LogP contribution < -0.4 is 4.74 Å². The van der Waals surface area contributed by atoms with Gasteiger partial charge >= 0.3 is 0 Å². The molecule has 0 saturated carbocycles. The molecule has 1 unspecified atom stereocenters. The number of benzene rings is 1. The van der Waals surface area contributed by atoms with Crippen LogP contribution in [0.3, 0.4) is 0 Å². The molecule has 2 heterocycles. The molecule has 2 aliphatic rings. The summed E-state index contributed by atoms with van der Waals surface area (Å²) in [6.45, 7) is 0.911. The fourth-order valence-electron chi connectivity index (χ4n) is 3.20. The van der Waals surface area contributed by atoms with Crippen molar-refractivity contribution in [2.24, 2.45) is 0 Å². The minimum Gasteiger partial charge on any atom is -0.486 e. The SMILES string of the molecule is CS(=O)(=O)N1CCCC2(CC1)CC(=O)c1ccccc1O2. The van der Waals surface area contributed by atoms with Gasteiger partial charge in [0.1, 0.15) is 11.4 Å². The third-order valence-corrected chi connectivity index (χ3v) is 5.63. The first-order valence-electron chi connectivity index (χ1n) is 7.16. The van der Waals surface area contributed by atoms with Gasteiger partial charge in [0.25, 0.3) is 0 Å². The van der Waals surface area contributed by atoms with Crippen molar-refractivity contribution in [2.45, 2.75) is 31.3 Å². The van der Waals surface area contributed by atoms with Crippen molar-refractivity contribution in [3.8, 4) is 5.75 Å². The maximum atomic E-state index is 12.3. The van der Waals surface area contributed by atoms with E-state index in [1.807, 2.05) is 18.2 Å². The zero-order chi connectivity index (χ0) is 15.1. The van der Waals surface area contributed by atoms with E-state index in [9.17, 15) is 13.2 Å². The Balaban J connectivity index is 1.85. The number of ether oxygens (including phenoxy) is 1. The first-order chi connectivity index (χ1) is 9.90. The van der Waals surface area contributed by atoms with E-state index >= 15 is 0 Å². The Kier molecular flexibility index (Phi) is 3.53. The molecule has 114 valence electrons. The molecule has 0 bridgehead atoms. The van der Waals surface area contributed by atoms with E-state index in [0.29, 0.717) is 50.1 Å². The van der Waals surface area contributed by atoms with E-state index in [2.05, 4.69) is 0 Å². The Morgan fingerprint density at radius 1 is 1.19 bits per heavy atom. The Bertz CT molecular complexity index is 670. The summed E-state index contributed by atoms with van der Waals surface area (Å²) in [5.74, 6) is 0.714. The summed E-state index contributed by atoms with van der Waals surface area (Å²) < 4.78 is 31.0. The van der Waals surface area contributed by atoms with Crippen molar-refractivity contribution in [2.75, 3.05) is 19.3 Å². The predicted molar refractivity (Wildman–Crippen MR) is 79.0 cm³/mol. The number of Topliss-reactive ketones (excluding diaryl/α,β-unsaturated/α-hetero) is 1. The molecule has 2 aliphatic heterocycles. The zero-order valence-corrected chi connectivity index (χ0v) is 12.9. The van der Waals surface area contributed by atoms with Crippen molar-refractivity contribution in [3.05, 3.63) is 29.8 Å². The first kappa shape index (κ1) is 14.5. The zero-order valence-electron chi connectivity index (χ0n) is 12.0. The van der Waals surface area contributed by atoms with Gasteiger partial charge in [-0.3, -0.25) is 4.79 Å². The molecule has 21 heavy (non-hydrogen) atoms. The number of fused-ring (bicyclic) bond motifs is 1. The first-order valence-corrected chi connectivity index (χ1v) is 9.01. The number of carbonyl (C=O) groups is 1. The molecule has 0 aliphatic carbocycles. The number of rotatable bonds is 1. The normalized spacial score (nSPS) is 27.0. The van der Waals surface area contributed by atoms with Crippen LogP contribution in [0.2, 0.25) is 0 Å². The average Bonchev–Trinajstić information content (AvgIpc) is 2.61. The lowest BCUT2D eigenvalue weighted by Gasteiger charge is -2.37. The number of ketones is 1. The second-order valence-corrected chi connectivity index (χ2v) is 7.88. The molecular weight excluding hydrogens is 290 g/mol. The van der Waals surface area contributed by atoms with Gasteiger partial charge in [-0.2, -0.15) is 0 Å². The van der Waals surface area contributed by atoms with Gasteiger partial charge in [-0.1, -0.05) is 12.1 Å². The van der Waals surface area contributed by atoms with Crippen LogP contribution in [0.25, 0.3) is 0 Å². The van der Waals surface area contributed by atoms with E-state index < -0.39 is 15.6 Å². The lowest BCUT2D eigenvalue weighted by molar-refractivity contribution is 0.0313. The van der Waals surface area contributed by atoms with Crippen molar-refractivity contribution >= 4 is 15.8 Å². The van der Waals surface area contributed by atoms with E-state index in [0.717, 1.165) is 0 Å². The van der Waals surface area contributed by atoms with E-state index in [1.165, 1.54) is 10.6 Å². The molecule has 3 rings (SSSR count). The quantitative estimate of drug-likeness (QED) is 0.794. The third-order valence-electron chi connectivity index (χ3n) is 4.32. The number of para-hydroxylation sites is 1. The summed E-state index contributed by atoms with van der Waals surface area (Å²) in [5.41, 5.74) is 0.0811. The Morgan fingerprint density at radius 2 is 1.95 bits per heavy atom. The Hall–Kier alpha value is -1.40. The summed E-state index contributed by atoms with van der Waals surface area (Å²) in [6.07, 6.45) is 3.54. The summed E-state index contributed by atoms with van der Waals surface area (Å²) >= 11 is 0. The van der Waals surface area contributed by atoms with Crippen molar-refractivity contribution in [1.29, 1.82) is 0 Å². The van der Waals surface area contributed by atoms with Crippen LogP contribution in [-0.4, -0.2) is 43.5 Å². The highest BCUT2D eigenvalue weighted by Gasteiger charge is 2.42. The summed E-state index contributed by atoms with van der Waals surface area (Å²) in [4.78, 5) is 12.3. The standard InChI is InChI=1S/C15H19NO4S/c1-21(18,19)16-9-4-7-15(8-10-16)11-13(17)12-5-2-3-6-14(12)20-15/h2-3,5-6H,4,7-11H2,1H3. The fourth-order valence-corrected chi connectivity index (χ4v) is 4.08. The number of hydrogen-bond donors (Lipinski definition) is 0. The molecular formula is C15H19NO4S. The van der Waals surface area contributed by atoms with Crippen LogP contribution in [0, 0.1) is 0 Å². The van der Waals surface area contributed by atoms with Crippen LogP contribution >= 0.6 is 0 Å². The molecule has 1 saturated heterocycles. The lowest BCUT2D eigenvalue weighted by atomic mass is 9.84. The van der Waals surface area contributed by atoms with E-state index in [1.54, 1.807) is 6.07 Å². The fraction of sp³-hybridized carbons (Fsp3) is 0.533. The Morgan fingerprint density at radius 3 is 2.71 bits per heavy atom. The van der Waals surface area contributed by atoms with Gasteiger partial charge in [0.05, 0.1) is 18.2 Å².